The van der Waals surface area contributed by atoms with Gasteiger partial charge < -0.3 is 18.7 Å². The first kappa shape index (κ1) is 27.7. The number of phosphoric acid groups is 1. The van der Waals surface area contributed by atoms with Crippen LogP contribution in [0.2, 0.25) is 5.02 Å². The third-order valence-electron chi connectivity index (χ3n) is 4.85. The summed E-state index contributed by atoms with van der Waals surface area (Å²) in [7, 11) is -2.83. The molecule has 0 fully saturated rings. The van der Waals surface area contributed by atoms with Crippen molar-refractivity contribution < 1.29 is 32.7 Å². The Balaban J connectivity index is 1.39. The average Bonchev–Trinajstić information content (AvgIpc) is 2.86. The Hall–Kier alpha value is -1.90. The number of hydrogen-bond donors (Lipinski definition) is 1. The number of phosphoric ester groups is 1. The molecule has 0 aliphatic carbocycles. The fourth-order valence-corrected chi connectivity index (χ4v) is 4.21. The summed E-state index contributed by atoms with van der Waals surface area (Å²) >= 11 is 9.23. The van der Waals surface area contributed by atoms with Gasteiger partial charge in [-0.3, -0.25) is 9.42 Å². The maximum atomic E-state index is 12.3. The number of methoxy groups -OCH3 is 1. The summed E-state index contributed by atoms with van der Waals surface area (Å²) in [5.74, 6) is 0.992. The van der Waals surface area contributed by atoms with Crippen LogP contribution >= 0.6 is 35.4 Å². The van der Waals surface area contributed by atoms with Crippen molar-refractivity contribution in [3.8, 4) is 11.5 Å². The van der Waals surface area contributed by atoms with Crippen molar-refractivity contribution in [3.63, 3.8) is 0 Å². The number of halogens is 2. The molecule has 0 radical (unpaired) electrons. The van der Waals surface area contributed by atoms with Gasteiger partial charge in [0.05, 0.1) is 19.8 Å². The number of rotatable bonds is 14. The van der Waals surface area contributed by atoms with Gasteiger partial charge in [0.25, 0.3) is 0 Å². The van der Waals surface area contributed by atoms with Crippen molar-refractivity contribution in [3.05, 3.63) is 94.5 Å². The van der Waals surface area contributed by atoms with E-state index >= 15 is 0 Å². The minimum absolute atomic E-state index is 0.167. The quantitative estimate of drug-likeness (QED) is 0.170. The molecule has 10 heteroatoms. The van der Waals surface area contributed by atoms with Crippen molar-refractivity contribution in [2.75, 3.05) is 20.3 Å². The SMILES string of the molecule is COC(COCc1ccc(OCc2ccc(Cl)cc2)cc1)COP(=O)(O)Oc1cccc(CBr)c1. The third-order valence-corrected chi connectivity index (χ3v) is 6.66. The molecule has 188 valence electrons. The van der Waals surface area contributed by atoms with Crippen LogP contribution in [-0.2, 0) is 37.1 Å². The molecule has 0 spiro atoms. The van der Waals surface area contributed by atoms with E-state index in [2.05, 4.69) is 15.9 Å². The lowest BCUT2D eigenvalue weighted by molar-refractivity contribution is -0.0239. The molecular weight excluding hydrogens is 559 g/mol. The highest BCUT2D eigenvalue weighted by molar-refractivity contribution is 9.08. The van der Waals surface area contributed by atoms with Crippen molar-refractivity contribution in [1.29, 1.82) is 0 Å². The fraction of sp³-hybridized carbons (Fsp3) is 0.280. The predicted molar refractivity (Wildman–Crippen MR) is 138 cm³/mol. The van der Waals surface area contributed by atoms with Gasteiger partial charge in [-0.25, -0.2) is 4.57 Å². The second kappa shape index (κ2) is 14.0. The lowest BCUT2D eigenvalue weighted by Crippen LogP contribution is -2.24. The molecule has 0 amide bonds. The predicted octanol–water partition coefficient (Wildman–Crippen LogP) is 6.54. The first-order chi connectivity index (χ1) is 16.9. The van der Waals surface area contributed by atoms with Gasteiger partial charge in [0, 0.05) is 17.5 Å². The van der Waals surface area contributed by atoms with E-state index in [9.17, 15) is 9.46 Å². The molecule has 0 saturated carbocycles. The Morgan fingerprint density at radius 2 is 1.60 bits per heavy atom. The fourth-order valence-electron chi connectivity index (χ4n) is 2.94. The molecule has 0 aliphatic rings. The van der Waals surface area contributed by atoms with E-state index in [0.29, 0.717) is 23.6 Å². The first-order valence-electron chi connectivity index (χ1n) is 10.8. The van der Waals surface area contributed by atoms with Crippen LogP contribution in [0.15, 0.2) is 72.8 Å². The normalized spacial score (nSPS) is 13.7. The van der Waals surface area contributed by atoms with Gasteiger partial charge in [-0.1, -0.05) is 63.9 Å². The molecule has 2 atom stereocenters. The molecule has 0 bridgehead atoms. The Bertz CT molecular complexity index is 1100. The highest BCUT2D eigenvalue weighted by atomic mass is 79.9. The van der Waals surface area contributed by atoms with Crippen molar-refractivity contribution in [2.24, 2.45) is 0 Å². The van der Waals surface area contributed by atoms with Gasteiger partial charge in [0.1, 0.15) is 24.2 Å². The number of hydrogen-bond acceptors (Lipinski definition) is 6. The van der Waals surface area contributed by atoms with E-state index in [1.807, 2.05) is 54.6 Å². The topological polar surface area (TPSA) is 83.5 Å². The van der Waals surface area contributed by atoms with Gasteiger partial charge in [0.2, 0.25) is 0 Å². The Labute approximate surface area is 218 Å². The highest BCUT2D eigenvalue weighted by Gasteiger charge is 2.25. The second-order valence-electron chi connectivity index (χ2n) is 7.57. The molecule has 3 aromatic carbocycles. The van der Waals surface area contributed by atoms with Crippen LogP contribution < -0.4 is 9.26 Å². The molecule has 0 aromatic heterocycles. The van der Waals surface area contributed by atoms with Gasteiger partial charge in [-0.05, 0) is 53.1 Å². The largest absolute Gasteiger partial charge is 0.527 e. The lowest BCUT2D eigenvalue weighted by atomic mass is 10.2. The van der Waals surface area contributed by atoms with Gasteiger partial charge >= 0.3 is 7.82 Å². The Morgan fingerprint density at radius 3 is 2.29 bits per heavy atom. The molecule has 1 N–H and O–H groups in total. The van der Waals surface area contributed by atoms with E-state index in [1.54, 1.807) is 18.2 Å². The second-order valence-corrected chi connectivity index (χ2v) is 9.94. The van der Waals surface area contributed by atoms with Crippen molar-refractivity contribution >= 4 is 35.4 Å². The first-order valence-corrected chi connectivity index (χ1v) is 13.7. The molecule has 0 heterocycles. The lowest BCUT2D eigenvalue weighted by Gasteiger charge is -2.18. The van der Waals surface area contributed by atoms with Gasteiger partial charge in [0.15, 0.2) is 0 Å². The number of alkyl halides is 1. The van der Waals surface area contributed by atoms with E-state index < -0.39 is 13.9 Å². The summed E-state index contributed by atoms with van der Waals surface area (Å²) in [6.45, 7) is 0.789. The summed E-state index contributed by atoms with van der Waals surface area (Å²) in [4.78, 5) is 10.0. The smallest absolute Gasteiger partial charge is 0.489 e. The number of benzene rings is 3. The summed E-state index contributed by atoms with van der Waals surface area (Å²) in [6.07, 6.45) is -0.546. The van der Waals surface area contributed by atoms with Crippen LogP contribution in [-0.4, -0.2) is 31.3 Å². The maximum Gasteiger partial charge on any atom is 0.527 e. The molecule has 7 nitrogen and oxygen atoms in total. The van der Waals surface area contributed by atoms with Crippen LogP contribution in [0.5, 0.6) is 11.5 Å². The Kier molecular flexibility index (Phi) is 11.1. The standard InChI is InChI=1S/C25H27BrClO7P/c1-30-25(18-33-35(28,29)34-24-4-2-3-21(13-24)14-26)17-31-15-19-7-11-23(12-8-19)32-16-20-5-9-22(27)10-6-20/h2-13,25H,14-18H2,1H3,(H,28,29). The zero-order valence-corrected chi connectivity index (χ0v) is 22.4. The van der Waals surface area contributed by atoms with E-state index in [-0.39, 0.29) is 19.0 Å². The molecule has 2 unspecified atom stereocenters. The molecule has 0 aliphatic heterocycles. The van der Waals surface area contributed by atoms with Gasteiger partial charge in [-0.15, -0.1) is 0 Å². The van der Waals surface area contributed by atoms with Crippen LogP contribution in [0, 0.1) is 0 Å². The van der Waals surface area contributed by atoms with Crippen LogP contribution in [0.25, 0.3) is 0 Å². The van der Waals surface area contributed by atoms with Crippen molar-refractivity contribution in [2.45, 2.75) is 24.6 Å². The molecule has 35 heavy (non-hydrogen) atoms. The zero-order chi connectivity index (χ0) is 25.1. The molecular formula is C25H27BrClO7P. The summed E-state index contributed by atoms with van der Waals surface area (Å²) < 4.78 is 39.3. The molecule has 3 aromatic rings. The minimum Gasteiger partial charge on any atom is -0.489 e. The van der Waals surface area contributed by atoms with E-state index in [1.165, 1.54) is 7.11 Å². The maximum absolute atomic E-state index is 12.3. The van der Waals surface area contributed by atoms with Gasteiger partial charge in [-0.2, -0.15) is 0 Å². The number of ether oxygens (including phenoxy) is 3. The van der Waals surface area contributed by atoms with Crippen LogP contribution in [0.1, 0.15) is 16.7 Å². The summed E-state index contributed by atoms with van der Waals surface area (Å²) in [5.41, 5.74) is 2.88. The third kappa shape index (κ3) is 9.94. The average molecular weight is 586 g/mol. The highest BCUT2D eigenvalue weighted by Crippen LogP contribution is 2.44. The monoisotopic (exact) mass is 584 g/mol. The van der Waals surface area contributed by atoms with Crippen LogP contribution in [0.3, 0.4) is 0 Å². The summed E-state index contributed by atoms with van der Waals surface area (Å²) in [5, 5.41) is 1.29. The zero-order valence-electron chi connectivity index (χ0n) is 19.1. The van der Waals surface area contributed by atoms with Crippen LogP contribution in [0.4, 0.5) is 0 Å². The Morgan fingerprint density at radius 1 is 0.914 bits per heavy atom. The van der Waals surface area contributed by atoms with Crippen molar-refractivity contribution in [1.82, 2.24) is 0 Å². The summed E-state index contributed by atoms with van der Waals surface area (Å²) in [6, 6.07) is 21.9. The molecule has 0 saturated heterocycles. The van der Waals surface area contributed by atoms with E-state index in [0.717, 1.165) is 22.4 Å². The minimum atomic E-state index is -4.31. The molecule has 3 rings (SSSR count). The van der Waals surface area contributed by atoms with E-state index in [4.69, 9.17) is 34.9 Å².